The highest BCUT2D eigenvalue weighted by Gasteiger charge is 2.47. The molecule has 0 bridgehead atoms. The number of sulfonamides is 1. The van der Waals surface area contributed by atoms with Gasteiger partial charge in [-0.05, 0) is 105 Å². The van der Waals surface area contributed by atoms with Crippen molar-refractivity contribution in [3.05, 3.63) is 60.7 Å². The van der Waals surface area contributed by atoms with Crippen molar-refractivity contribution < 1.29 is 18.3 Å². The zero-order valence-corrected chi connectivity index (χ0v) is 26.0. The van der Waals surface area contributed by atoms with Crippen LogP contribution in [0.15, 0.2) is 33.3 Å². The summed E-state index contributed by atoms with van der Waals surface area (Å²) in [6.07, 6.45) is 7.64. The number of aryl methyl sites for hydroxylation is 1. The summed E-state index contributed by atoms with van der Waals surface area (Å²) in [4.78, 5) is 19.8. The smallest absolute Gasteiger partial charge is 0.222 e. The summed E-state index contributed by atoms with van der Waals surface area (Å²) in [5.41, 5.74) is 2.26. The Morgan fingerprint density at radius 2 is 1.82 bits per heavy atom. The average Bonchev–Trinajstić information content (AvgIpc) is 3.01. The molecule has 7 nitrogen and oxygen atoms in total. The molecule has 5 rings (SSSR count). The Labute approximate surface area is 246 Å². The number of nitrogens with zero attached hydrogens (tertiary/aromatic N) is 3. The highest BCUT2D eigenvalue weighted by atomic mass is 79.9. The van der Waals surface area contributed by atoms with Crippen molar-refractivity contribution in [2.24, 2.45) is 11.8 Å². The number of aliphatic hydroxyl groups is 1. The summed E-state index contributed by atoms with van der Waals surface area (Å²) >= 11 is 13.7. The second kappa shape index (κ2) is 11.1. The van der Waals surface area contributed by atoms with Gasteiger partial charge in [0.2, 0.25) is 15.9 Å². The molecule has 1 aliphatic carbocycles. The van der Waals surface area contributed by atoms with Gasteiger partial charge in [0, 0.05) is 53.7 Å². The second-order valence-electron chi connectivity index (χ2n) is 10.8. The zero-order chi connectivity index (χ0) is 27.2. The molecule has 0 spiro atoms. The molecule has 1 aromatic heterocycles. The van der Waals surface area contributed by atoms with Crippen LogP contribution in [0.4, 0.5) is 0 Å². The minimum absolute atomic E-state index is 0.109. The van der Waals surface area contributed by atoms with E-state index in [4.69, 9.17) is 16.6 Å². The molecule has 3 aliphatic rings. The van der Waals surface area contributed by atoms with Crippen LogP contribution in [0.3, 0.4) is 0 Å². The normalized spacial score (nSPS) is 23.6. The molecule has 2 fully saturated rings. The van der Waals surface area contributed by atoms with E-state index in [2.05, 4.69) is 31.9 Å². The third-order valence-corrected chi connectivity index (χ3v) is 11.7. The lowest BCUT2D eigenvalue weighted by molar-refractivity contribution is -0.135. The van der Waals surface area contributed by atoms with E-state index in [-0.39, 0.29) is 17.7 Å². The lowest BCUT2D eigenvalue weighted by Crippen LogP contribution is -2.47. The van der Waals surface area contributed by atoms with Crippen molar-refractivity contribution in [1.29, 1.82) is 0 Å². The molecule has 1 amide bonds. The first kappa shape index (κ1) is 28.5. The summed E-state index contributed by atoms with van der Waals surface area (Å²) < 4.78 is 26.8. The quantitative estimate of drug-likeness (QED) is 0.494. The molecule has 11 heteroatoms. The molecule has 38 heavy (non-hydrogen) atoms. The van der Waals surface area contributed by atoms with Crippen molar-refractivity contribution in [1.82, 2.24) is 14.2 Å². The van der Waals surface area contributed by atoms with E-state index in [1.165, 1.54) is 10.6 Å². The van der Waals surface area contributed by atoms with Gasteiger partial charge in [-0.25, -0.2) is 12.7 Å². The molecular weight excluding hydrogens is 658 g/mol. The van der Waals surface area contributed by atoms with Crippen molar-refractivity contribution >= 4 is 59.4 Å². The number of halogens is 3. The van der Waals surface area contributed by atoms with Crippen LogP contribution in [0.1, 0.15) is 54.5 Å². The van der Waals surface area contributed by atoms with E-state index in [0.717, 1.165) is 38.5 Å². The molecule has 0 radical (unpaired) electrons. The van der Waals surface area contributed by atoms with Crippen molar-refractivity contribution in [2.45, 2.75) is 50.5 Å². The Morgan fingerprint density at radius 3 is 2.47 bits per heavy atom. The molecule has 0 saturated carbocycles. The third-order valence-electron chi connectivity index (χ3n) is 8.49. The zero-order valence-electron chi connectivity index (χ0n) is 21.3. The Kier molecular flexibility index (Phi) is 8.31. The fourth-order valence-corrected chi connectivity index (χ4v) is 8.35. The maximum absolute atomic E-state index is 13.2. The first-order chi connectivity index (χ1) is 18.0. The standard InChI is InChI=1S/C27H32Br2ClN3O4S/c1-38(36,37)33-12-6-17(7-13-33)14-24(34)32-10-8-19(9-11-32)27(35)22-4-5-23(30)25(29)21(22)3-2-18-15-20(28)16-31-26(18)27/h4-5,15-17,19,35H,2-3,6-14H2,1H3. The Hall–Kier alpha value is -1.04. The minimum atomic E-state index is -3.18. The van der Waals surface area contributed by atoms with Gasteiger partial charge in [-0.3, -0.25) is 9.78 Å². The van der Waals surface area contributed by atoms with E-state index < -0.39 is 15.6 Å². The van der Waals surface area contributed by atoms with Gasteiger partial charge in [-0.2, -0.15) is 0 Å². The molecule has 2 aliphatic heterocycles. The van der Waals surface area contributed by atoms with Gasteiger partial charge in [0.25, 0.3) is 0 Å². The lowest BCUT2D eigenvalue weighted by Gasteiger charge is -2.42. The van der Waals surface area contributed by atoms with E-state index in [0.29, 0.717) is 69.0 Å². The summed E-state index contributed by atoms with van der Waals surface area (Å²) in [7, 11) is -3.18. The Balaban J connectivity index is 1.33. The van der Waals surface area contributed by atoms with Crippen LogP contribution in [0.5, 0.6) is 0 Å². The van der Waals surface area contributed by atoms with Crippen LogP contribution in [-0.4, -0.2) is 66.1 Å². The van der Waals surface area contributed by atoms with Gasteiger partial charge < -0.3 is 10.0 Å². The van der Waals surface area contributed by atoms with Gasteiger partial charge in [-0.15, -0.1) is 0 Å². The first-order valence-electron chi connectivity index (χ1n) is 13.1. The maximum atomic E-state index is 13.2. The monoisotopic (exact) mass is 687 g/mol. The number of fused-ring (bicyclic) bond motifs is 2. The Bertz CT molecular complexity index is 1340. The number of amides is 1. The minimum Gasteiger partial charge on any atom is -0.378 e. The maximum Gasteiger partial charge on any atom is 0.222 e. The van der Waals surface area contributed by atoms with Crippen molar-refractivity contribution in [2.75, 3.05) is 32.4 Å². The van der Waals surface area contributed by atoms with Gasteiger partial charge in [0.15, 0.2) is 0 Å². The number of rotatable bonds is 4. The molecule has 1 aromatic carbocycles. The number of hydrogen-bond acceptors (Lipinski definition) is 5. The van der Waals surface area contributed by atoms with Gasteiger partial charge in [-0.1, -0.05) is 17.7 Å². The van der Waals surface area contributed by atoms with E-state index in [1.807, 2.05) is 23.1 Å². The number of benzene rings is 1. The average molecular weight is 690 g/mol. The van der Waals surface area contributed by atoms with Crippen LogP contribution in [0, 0.1) is 11.8 Å². The predicted molar refractivity (Wildman–Crippen MR) is 155 cm³/mol. The number of aromatic nitrogens is 1. The fraction of sp³-hybridized carbons (Fsp3) is 0.556. The highest BCUT2D eigenvalue weighted by molar-refractivity contribution is 9.10. The second-order valence-corrected chi connectivity index (χ2v) is 14.9. The molecule has 206 valence electrons. The summed E-state index contributed by atoms with van der Waals surface area (Å²) in [6.45, 7) is 2.11. The largest absolute Gasteiger partial charge is 0.378 e. The molecule has 1 N–H and O–H groups in total. The SMILES string of the molecule is CS(=O)(=O)N1CCC(CC(=O)N2CCC(C3(O)c4ccc(Cl)c(Br)c4CCc4cc(Br)cnc43)CC2)CC1. The Morgan fingerprint density at radius 1 is 1.13 bits per heavy atom. The summed E-state index contributed by atoms with van der Waals surface area (Å²) in [5.74, 6) is 0.209. The third kappa shape index (κ3) is 5.46. The number of likely N-dealkylation sites (tertiary alicyclic amines) is 1. The lowest BCUT2D eigenvalue weighted by atomic mass is 9.72. The number of hydrogen-bond donors (Lipinski definition) is 1. The van der Waals surface area contributed by atoms with Crippen molar-refractivity contribution in [3.63, 3.8) is 0 Å². The van der Waals surface area contributed by atoms with Gasteiger partial charge >= 0.3 is 0 Å². The van der Waals surface area contributed by atoms with Crippen molar-refractivity contribution in [3.8, 4) is 0 Å². The van der Waals surface area contributed by atoms with Crippen LogP contribution >= 0.6 is 43.5 Å². The summed E-state index contributed by atoms with van der Waals surface area (Å²) in [5, 5.41) is 13.2. The van der Waals surface area contributed by atoms with Crippen LogP contribution < -0.4 is 0 Å². The molecule has 1 unspecified atom stereocenters. The number of piperidine rings is 2. The topological polar surface area (TPSA) is 90.8 Å². The van der Waals surface area contributed by atoms with E-state index >= 15 is 0 Å². The molecule has 2 aromatic rings. The van der Waals surface area contributed by atoms with Crippen LogP contribution in [0.2, 0.25) is 5.02 Å². The van der Waals surface area contributed by atoms with Crippen LogP contribution in [-0.2, 0) is 33.3 Å². The summed E-state index contributed by atoms with van der Waals surface area (Å²) in [6, 6.07) is 5.80. The van der Waals surface area contributed by atoms with E-state index in [9.17, 15) is 18.3 Å². The van der Waals surface area contributed by atoms with Gasteiger partial charge in [0.05, 0.1) is 17.0 Å². The molecule has 1 atom stereocenters. The molecular formula is C27H32Br2ClN3O4S. The number of carbonyl (C=O) groups is 1. The number of carbonyl (C=O) groups excluding carboxylic acids is 1. The first-order valence-corrected chi connectivity index (χ1v) is 16.9. The predicted octanol–water partition coefficient (Wildman–Crippen LogP) is 4.89. The van der Waals surface area contributed by atoms with Crippen LogP contribution in [0.25, 0.3) is 0 Å². The van der Waals surface area contributed by atoms with E-state index in [1.54, 1.807) is 6.20 Å². The molecule has 3 heterocycles. The molecule has 2 saturated heterocycles. The highest BCUT2D eigenvalue weighted by Crippen LogP contribution is 2.48. The van der Waals surface area contributed by atoms with Gasteiger partial charge in [0.1, 0.15) is 5.60 Å². The number of pyridine rings is 1. The fourth-order valence-electron chi connectivity index (χ4n) is 6.38.